The number of fused-ring (bicyclic) bond motifs is 1. The maximum Gasteiger partial charge on any atom is 0.211 e. The first-order valence-corrected chi connectivity index (χ1v) is 11.9. The largest absolute Gasteiger partial charge is 0.341 e. The molecule has 0 saturated carbocycles. The monoisotopic (exact) mass is 469 g/mol. The number of rotatable bonds is 5. The highest BCUT2D eigenvalue weighted by Gasteiger charge is 2.24. The maximum absolute atomic E-state index is 14.0. The van der Waals surface area contributed by atoms with E-state index >= 15 is 0 Å². The Labute approximate surface area is 190 Å². The van der Waals surface area contributed by atoms with Gasteiger partial charge in [-0.2, -0.15) is 0 Å². The minimum atomic E-state index is -4.11. The molecule has 4 nitrogen and oxygen atoms in total. The van der Waals surface area contributed by atoms with E-state index in [4.69, 9.17) is 11.6 Å². The van der Waals surface area contributed by atoms with Crippen LogP contribution in [-0.2, 0) is 16.4 Å². The summed E-state index contributed by atoms with van der Waals surface area (Å²) in [5.41, 5.74) is 1.57. The second-order valence-corrected chi connectivity index (χ2v) is 10.3. The van der Waals surface area contributed by atoms with Crippen molar-refractivity contribution in [1.82, 2.24) is 4.57 Å². The Morgan fingerprint density at radius 3 is 2.25 bits per heavy atom. The lowest BCUT2D eigenvalue weighted by molar-refractivity contribution is 0.593. The molecule has 164 valence electrons. The molecule has 1 aromatic heterocycles. The number of sulfone groups is 1. The smallest absolute Gasteiger partial charge is 0.211 e. The number of pyridine rings is 1. The van der Waals surface area contributed by atoms with E-state index in [0.29, 0.717) is 10.5 Å². The number of hydrogen-bond donors (Lipinski definition) is 0. The van der Waals surface area contributed by atoms with Crippen LogP contribution in [0.2, 0.25) is 5.02 Å². The van der Waals surface area contributed by atoms with Crippen LogP contribution in [0.4, 0.5) is 4.39 Å². The van der Waals surface area contributed by atoms with Crippen LogP contribution < -0.4 is 5.43 Å². The van der Waals surface area contributed by atoms with Gasteiger partial charge in [-0.1, -0.05) is 49.7 Å². The molecule has 0 saturated heterocycles. The molecule has 0 N–H and O–H groups in total. The van der Waals surface area contributed by atoms with Crippen LogP contribution in [0.25, 0.3) is 10.9 Å². The van der Waals surface area contributed by atoms with Gasteiger partial charge in [-0.25, -0.2) is 12.8 Å². The Kier molecular flexibility index (Phi) is 5.93. The molecule has 32 heavy (non-hydrogen) atoms. The molecule has 0 aliphatic heterocycles. The van der Waals surface area contributed by atoms with Crippen molar-refractivity contribution >= 4 is 32.3 Å². The number of benzene rings is 3. The lowest BCUT2D eigenvalue weighted by Crippen LogP contribution is -2.20. The molecule has 4 rings (SSSR count). The van der Waals surface area contributed by atoms with Crippen LogP contribution in [0.15, 0.2) is 87.5 Å². The van der Waals surface area contributed by atoms with E-state index in [9.17, 15) is 17.6 Å². The third-order valence-electron chi connectivity index (χ3n) is 5.42. The van der Waals surface area contributed by atoms with Crippen LogP contribution in [0.1, 0.15) is 30.9 Å². The number of aromatic nitrogens is 1. The molecule has 0 radical (unpaired) electrons. The summed E-state index contributed by atoms with van der Waals surface area (Å²) >= 11 is 5.96. The first-order valence-electron chi connectivity index (χ1n) is 10.1. The molecule has 0 atom stereocenters. The summed E-state index contributed by atoms with van der Waals surface area (Å²) in [5, 5.41) is 0.590. The van der Waals surface area contributed by atoms with Crippen molar-refractivity contribution in [3.8, 4) is 0 Å². The second kappa shape index (κ2) is 8.52. The zero-order valence-corrected chi connectivity index (χ0v) is 19.1. The molecule has 0 aliphatic carbocycles. The molecule has 7 heteroatoms. The standard InChI is InChI=1S/C25H21ClFNO3S/c1-16(2)18-5-10-21(11-6-18)32(30,31)24-15-28(14-17-3-7-19(26)8-4-17)23-12-9-20(27)13-22(23)25(24)29/h3-13,15-16H,14H2,1-2H3. The minimum absolute atomic E-state index is 0.0128. The fourth-order valence-corrected chi connectivity index (χ4v) is 5.10. The Morgan fingerprint density at radius 1 is 0.969 bits per heavy atom. The highest BCUT2D eigenvalue weighted by atomic mass is 35.5. The lowest BCUT2D eigenvalue weighted by atomic mass is 10.0. The summed E-state index contributed by atoms with van der Waals surface area (Å²) in [6, 6.07) is 17.4. The van der Waals surface area contributed by atoms with E-state index in [0.717, 1.165) is 17.2 Å². The van der Waals surface area contributed by atoms with Gasteiger partial charge in [0.2, 0.25) is 15.3 Å². The van der Waals surface area contributed by atoms with Gasteiger partial charge >= 0.3 is 0 Å². The average molecular weight is 470 g/mol. The van der Waals surface area contributed by atoms with Crippen LogP contribution in [-0.4, -0.2) is 13.0 Å². The lowest BCUT2D eigenvalue weighted by Gasteiger charge is -2.15. The summed E-state index contributed by atoms with van der Waals surface area (Å²) in [6.45, 7) is 4.31. The summed E-state index contributed by atoms with van der Waals surface area (Å²) in [5.74, 6) is -0.365. The third-order valence-corrected chi connectivity index (χ3v) is 7.44. The first kappa shape index (κ1) is 22.2. The van der Waals surface area contributed by atoms with E-state index in [2.05, 4.69) is 0 Å². The van der Waals surface area contributed by atoms with Gasteiger partial charge in [-0.15, -0.1) is 0 Å². The van der Waals surface area contributed by atoms with Crippen molar-refractivity contribution in [1.29, 1.82) is 0 Å². The van der Waals surface area contributed by atoms with Crippen molar-refractivity contribution < 1.29 is 12.8 Å². The number of halogens is 2. The maximum atomic E-state index is 14.0. The van der Waals surface area contributed by atoms with Crippen LogP contribution >= 0.6 is 11.6 Å². The van der Waals surface area contributed by atoms with Crippen molar-refractivity contribution in [3.63, 3.8) is 0 Å². The second-order valence-electron chi connectivity index (χ2n) is 7.97. The quantitative estimate of drug-likeness (QED) is 0.371. The fraction of sp³-hybridized carbons (Fsp3) is 0.160. The molecule has 0 fully saturated rings. The van der Waals surface area contributed by atoms with Gasteiger partial charge in [0.15, 0.2) is 0 Å². The van der Waals surface area contributed by atoms with Gasteiger partial charge in [0.05, 0.1) is 10.4 Å². The molecule has 1 heterocycles. The Balaban J connectivity index is 1.91. The molecule has 4 aromatic rings. The van der Waals surface area contributed by atoms with Crippen LogP contribution in [0.3, 0.4) is 0 Å². The SMILES string of the molecule is CC(C)c1ccc(S(=O)(=O)c2cn(Cc3ccc(Cl)cc3)c3ccc(F)cc3c2=O)cc1. The van der Waals surface area contributed by atoms with Gasteiger partial charge in [0, 0.05) is 23.2 Å². The third kappa shape index (κ3) is 4.20. The Hall–Kier alpha value is -2.96. The molecule has 0 aliphatic rings. The van der Waals surface area contributed by atoms with E-state index in [1.165, 1.54) is 30.5 Å². The van der Waals surface area contributed by atoms with Gasteiger partial charge in [-0.05, 0) is 59.5 Å². The highest BCUT2D eigenvalue weighted by molar-refractivity contribution is 7.91. The van der Waals surface area contributed by atoms with E-state index in [1.807, 2.05) is 26.0 Å². The normalized spacial score (nSPS) is 11.9. The van der Waals surface area contributed by atoms with Crippen molar-refractivity contribution in [2.24, 2.45) is 0 Å². The van der Waals surface area contributed by atoms with E-state index < -0.39 is 21.1 Å². The van der Waals surface area contributed by atoms with Gasteiger partial charge in [-0.3, -0.25) is 4.79 Å². The average Bonchev–Trinajstić information content (AvgIpc) is 2.77. The molecule has 0 amide bonds. The molecule has 3 aromatic carbocycles. The number of hydrogen-bond acceptors (Lipinski definition) is 3. The first-order chi connectivity index (χ1) is 15.2. The predicted octanol–water partition coefficient (Wildman–Crippen LogP) is 5.80. The van der Waals surface area contributed by atoms with Gasteiger partial charge < -0.3 is 4.57 Å². The van der Waals surface area contributed by atoms with Crippen molar-refractivity contribution in [2.45, 2.75) is 36.1 Å². The molecule has 0 bridgehead atoms. The molecule has 0 unspecified atom stereocenters. The summed E-state index contributed by atoms with van der Waals surface area (Å²) < 4.78 is 42.4. The predicted molar refractivity (Wildman–Crippen MR) is 125 cm³/mol. The van der Waals surface area contributed by atoms with Crippen molar-refractivity contribution in [2.75, 3.05) is 0 Å². The summed E-state index contributed by atoms with van der Waals surface area (Å²) in [4.78, 5) is 12.8. The molecule has 0 spiro atoms. The molecular formula is C25H21ClFNO3S. The minimum Gasteiger partial charge on any atom is -0.341 e. The topological polar surface area (TPSA) is 56.1 Å². The van der Waals surface area contributed by atoms with Gasteiger partial charge in [0.1, 0.15) is 10.7 Å². The Bertz CT molecular complexity index is 1460. The Morgan fingerprint density at radius 2 is 1.62 bits per heavy atom. The number of nitrogens with zero attached hydrogens (tertiary/aromatic N) is 1. The van der Waals surface area contributed by atoms with Gasteiger partial charge in [0.25, 0.3) is 0 Å². The zero-order valence-electron chi connectivity index (χ0n) is 17.5. The highest BCUT2D eigenvalue weighted by Crippen LogP contribution is 2.24. The van der Waals surface area contributed by atoms with E-state index in [1.54, 1.807) is 28.8 Å². The van der Waals surface area contributed by atoms with Crippen LogP contribution in [0.5, 0.6) is 0 Å². The zero-order chi connectivity index (χ0) is 23.0. The van der Waals surface area contributed by atoms with E-state index in [-0.39, 0.29) is 27.6 Å². The van der Waals surface area contributed by atoms with Crippen LogP contribution in [0, 0.1) is 5.82 Å². The van der Waals surface area contributed by atoms with Crippen molar-refractivity contribution in [3.05, 3.63) is 105 Å². The molecular weight excluding hydrogens is 449 g/mol. The summed E-state index contributed by atoms with van der Waals surface area (Å²) in [7, 11) is -4.11. The summed E-state index contributed by atoms with van der Waals surface area (Å²) in [6.07, 6.45) is 1.34. The fourth-order valence-electron chi connectivity index (χ4n) is 3.61.